The van der Waals surface area contributed by atoms with Gasteiger partial charge < -0.3 is 10.2 Å². The van der Waals surface area contributed by atoms with E-state index in [0.717, 1.165) is 5.76 Å². The van der Waals surface area contributed by atoms with E-state index >= 15 is 0 Å². The van der Waals surface area contributed by atoms with Crippen LogP contribution in [-0.4, -0.2) is 5.67 Å². The average molecular weight is 171 g/mol. The van der Waals surface area contributed by atoms with E-state index in [1.54, 1.807) is 19.1 Å². The number of furan rings is 1. The Labute approximate surface area is 71.6 Å². The number of nitrogens with two attached hydrogens (primary N) is 1. The zero-order valence-corrected chi connectivity index (χ0v) is 7.60. The normalized spacial score (nSPS) is 14.8. The maximum absolute atomic E-state index is 13.3. The molecule has 0 aliphatic rings. The quantitative estimate of drug-likeness (QED) is 0.741. The van der Waals surface area contributed by atoms with Crippen molar-refractivity contribution in [2.45, 2.75) is 32.5 Å². The summed E-state index contributed by atoms with van der Waals surface area (Å²) in [6.45, 7) is 4.69. The van der Waals surface area contributed by atoms with Crippen LogP contribution in [-0.2, 0) is 0 Å². The molecular formula is C9H14FNO. The first-order valence-corrected chi connectivity index (χ1v) is 3.92. The molecule has 1 aromatic heterocycles. The van der Waals surface area contributed by atoms with Gasteiger partial charge in [0.25, 0.3) is 0 Å². The van der Waals surface area contributed by atoms with Gasteiger partial charge in [0.2, 0.25) is 0 Å². The molecule has 0 aliphatic heterocycles. The third kappa shape index (κ3) is 1.85. The maximum atomic E-state index is 13.3. The molecule has 1 aromatic rings. The first-order chi connectivity index (χ1) is 5.41. The molecule has 0 saturated carbocycles. The lowest BCUT2D eigenvalue weighted by Crippen LogP contribution is -2.30. The average Bonchev–Trinajstić information content (AvgIpc) is 2.32. The number of hydrogen-bond acceptors (Lipinski definition) is 2. The Bertz CT molecular complexity index is 262. The fraction of sp³-hybridized carbons (Fsp3) is 0.556. The highest BCUT2D eigenvalue weighted by Crippen LogP contribution is 2.27. The van der Waals surface area contributed by atoms with Crippen LogP contribution in [0, 0.1) is 6.92 Å². The predicted molar refractivity (Wildman–Crippen MR) is 45.6 cm³/mol. The fourth-order valence-electron chi connectivity index (χ4n) is 0.959. The number of aryl methyl sites for hydroxylation is 1. The molecule has 1 atom stereocenters. The van der Waals surface area contributed by atoms with E-state index in [2.05, 4.69) is 0 Å². The Morgan fingerprint density at radius 2 is 2.08 bits per heavy atom. The summed E-state index contributed by atoms with van der Waals surface area (Å²) in [5.74, 6) is 1.25. The molecule has 0 bridgehead atoms. The van der Waals surface area contributed by atoms with Gasteiger partial charge in [-0.3, -0.25) is 0 Å². The first kappa shape index (κ1) is 9.26. The fourth-order valence-corrected chi connectivity index (χ4v) is 0.959. The summed E-state index contributed by atoms with van der Waals surface area (Å²) >= 11 is 0. The summed E-state index contributed by atoms with van der Waals surface area (Å²) in [7, 11) is 0. The van der Waals surface area contributed by atoms with E-state index in [0.29, 0.717) is 5.76 Å². The highest BCUT2D eigenvalue weighted by molar-refractivity contribution is 5.12. The largest absolute Gasteiger partial charge is 0.465 e. The van der Waals surface area contributed by atoms with E-state index in [4.69, 9.17) is 10.2 Å². The van der Waals surface area contributed by atoms with E-state index < -0.39 is 11.7 Å². The van der Waals surface area contributed by atoms with Crippen LogP contribution in [0.5, 0.6) is 0 Å². The van der Waals surface area contributed by atoms with Gasteiger partial charge in [-0.15, -0.1) is 0 Å². The standard InChI is InChI=1S/C9H14FNO/c1-6-4-5-7(12-6)8(11)9(2,3)10/h4-5,8H,11H2,1-3H3/t8-/m0/s1. The SMILES string of the molecule is Cc1ccc([C@H](N)C(C)(C)F)o1. The van der Waals surface area contributed by atoms with E-state index in [1.807, 2.05) is 0 Å². The van der Waals surface area contributed by atoms with E-state index in [9.17, 15) is 4.39 Å². The Balaban J connectivity index is 2.85. The zero-order chi connectivity index (χ0) is 9.35. The zero-order valence-electron chi connectivity index (χ0n) is 7.60. The van der Waals surface area contributed by atoms with Crippen LogP contribution in [0.1, 0.15) is 31.4 Å². The molecule has 0 radical (unpaired) electrons. The highest BCUT2D eigenvalue weighted by Gasteiger charge is 2.29. The van der Waals surface area contributed by atoms with Crippen molar-refractivity contribution in [2.24, 2.45) is 5.73 Å². The molecule has 0 aromatic carbocycles. The van der Waals surface area contributed by atoms with Gasteiger partial charge in [0, 0.05) is 0 Å². The van der Waals surface area contributed by atoms with Crippen molar-refractivity contribution in [2.75, 3.05) is 0 Å². The van der Waals surface area contributed by atoms with Crippen molar-refractivity contribution < 1.29 is 8.81 Å². The summed E-state index contributed by atoms with van der Waals surface area (Å²) in [4.78, 5) is 0. The van der Waals surface area contributed by atoms with Crippen molar-refractivity contribution in [3.63, 3.8) is 0 Å². The van der Waals surface area contributed by atoms with Crippen LogP contribution in [0.15, 0.2) is 16.5 Å². The second-order valence-corrected chi connectivity index (χ2v) is 3.49. The molecule has 0 amide bonds. The number of halogens is 1. The van der Waals surface area contributed by atoms with E-state index in [1.165, 1.54) is 13.8 Å². The topological polar surface area (TPSA) is 39.2 Å². The Hall–Kier alpha value is -0.830. The van der Waals surface area contributed by atoms with Crippen molar-refractivity contribution in [1.29, 1.82) is 0 Å². The summed E-state index contributed by atoms with van der Waals surface area (Å²) in [5, 5.41) is 0. The second kappa shape index (κ2) is 2.90. The van der Waals surface area contributed by atoms with Gasteiger partial charge in [-0.25, -0.2) is 4.39 Å². The molecule has 1 rings (SSSR count). The molecule has 0 fully saturated rings. The molecule has 2 nitrogen and oxygen atoms in total. The lowest BCUT2D eigenvalue weighted by molar-refractivity contribution is 0.158. The van der Waals surface area contributed by atoms with Crippen LogP contribution in [0.4, 0.5) is 4.39 Å². The van der Waals surface area contributed by atoms with Crippen LogP contribution in [0.2, 0.25) is 0 Å². The number of alkyl halides is 1. The molecule has 0 aliphatic carbocycles. The summed E-state index contributed by atoms with van der Waals surface area (Å²) in [5.41, 5.74) is 4.18. The monoisotopic (exact) mass is 171 g/mol. The molecule has 1 heterocycles. The second-order valence-electron chi connectivity index (χ2n) is 3.49. The van der Waals surface area contributed by atoms with Gasteiger partial charge in [-0.05, 0) is 32.9 Å². The molecule has 0 saturated heterocycles. The lowest BCUT2D eigenvalue weighted by Gasteiger charge is -2.20. The molecule has 3 heteroatoms. The summed E-state index contributed by atoms with van der Waals surface area (Å²) < 4.78 is 18.5. The molecule has 0 spiro atoms. The van der Waals surface area contributed by atoms with Crippen LogP contribution < -0.4 is 5.73 Å². The van der Waals surface area contributed by atoms with Gasteiger partial charge in [0.1, 0.15) is 17.2 Å². The minimum Gasteiger partial charge on any atom is -0.465 e. The van der Waals surface area contributed by atoms with Crippen molar-refractivity contribution in [3.8, 4) is 0 Å². The van der Waals surface area contributed by atoms with Crippen molar-refractivity contribution >= 4 is 0 Å². The lowest BCUT2D eigenvalue weighted by atomic mass is 10.00. The van der Waals surface area contributed by atoms with Gasteiger partial charge in [0.15, 0.2) is 0 Å². The molecule has 0 unspecified atom stereocenters. The number of hydrogen-bond donors (Lipinski definition) is 1. The van der Waals surface area contributed by atoms with Crippen molar-refractivity contribution in [1.82, 2.24) is 0 Å². The van der Waals surface area contributed by atoms with Gasteiger partial charge in [-0.2, -0.15) is 0 Å². The number of rotatable bonds is 2. The smallest absolute Gasteiger partial charge is 0.127 e. The summed E-state index contributed by atoms with van der Waals surface area (Å²) in [6.07, 6.45) is 0. The molecule has 2 N–H and O–H groups in total. The van der Waals surface area contributed by atoms with Crippen molar-refractivity contribution in [3.05, 3.63) is 23.7 Å². The van der Waals surface area contributed by atoms with Gasteiger partial charge in [0.05, 0.1) is 6.04 Å². The van der Waals surface area contributed by atoms with Crippen LogP contribution in [0.3, 0.4) is 0 Å². The van der Waals surface area contributed by atoms with Gasteiger partial charge >= 0.3 is 0 Å². The minimum absolute atomic E-state index is 0.500. The summed E-state index contributed by atoms with van der Waals surface area (Å²) in [6, 6.07) is 2.80. The first-order valence-electron chi connectivity index (χ1n) is 3.92. The minimum atomic E-state index is -1.44. The Morgan fingerprint density at radius 3 is 2.42 bits per heavy atom. The third-order valence-electron chi connectivity index (χ3n) is 1.81. The maximum Gasteiger partial charge on any atom is 0.127 e. The Kier molecular flexibility index (Phi) is 2.24. The van der Waals surface area contributed by atoms with Crippen LogP contribution in [0.25, 0.3) is 0 Å². The predicted octanol–water partition coefficient (Wildman–Crippen LogP) is 2.34. The molecular weight excluding hydrogens is 157 g/mol. The molecule has 68 valence electrons. The third-order valence-corrected chi connectivity index (χ3v) is 1.81. The van der Waals surface area contributed by atoms with Crippen LogP contribution >= 0.6 is 0 Å². The highest BCUT2D eigenvalue weighted by atomic mass is 19.1. The Morgan fingerprint density at radius 1 is 1.50 bits per heavy atom. The molecule has 12 heavy (non-hydrogen) atoms. The van der Waals surface area contributed by atoms with Gasteiger partial charge in [-0.1, -0.05) is 0 Å². The van der Waals surface area contributed by atoms with E-state index in [-0.39, 0.29) is 0 Å².